The lowest BCUT2D eigenvalue weighted by Crippen LogP contribution is -1.87. The molecule has 0 fully saturated rings. The zero-order valence-electron chi connectivity index (χ0n) is 10.5. The van der Waals surface area contributed by atoms with Crippen molar-refractivity contribution in [1.29, 1.82) is 0 Å². The Labute approximate surface area is 106 Å². The highest BCUT2D eigenvalue weighted by molar-refractivity contribution is 5.81. The van der Waals surface area contributed by atoms with Gasteiger partial charge in [0.2, 0.25) is 0 Å². The van der Waals surface area contributed by atoms with Crippen LogP contribution in [0, 0.1) is 0 Å². The first-order valence-electron chi connectivity index (χ1n) is 5.55. The van der Waals surface area contributed by atoms with Crippen LogP contribution < -0.4 is 0 Å². The molecule has 18 heavy (non-hydrogen) atoms. The van der Waals surface area contributed by atoms with Crippen LogP contribution in [0.3, 0.4) is 0 Å². The summed E-state index contributed by atoms with van der Waals surface area (Å²) in [6.07, 6.45) is 12.1. The molecule has 3 heteroatoms. The van der Waals surface area contributed by atoms with Crippen molar-refractivity contribution < 1.29 is 14.3 Å². The highest BCUT2D eigenvalue weighted by Crippen LogP contribution is 2.06. The second-order valence-corrected chi connectivity index (χ2v) is 3.85. The molecule has 0 saturated carbocycles. The van der Waals surface area contributed by atoms with Crippen LogP contribution in [-0.2, 0) is 4.79 Å². The van der Waals surface area contributed by atoms with Crippen molar-refractivity contribution in [2.45, 2.75) is 13.8 Å². The highest BCUT2D eigenvalue weighted by Gasteiger charge is 1.89. The summed E-state index contributed by atoms with van der Waals surface area (Å²) in [6, 6.07) is 3.71. The number of carboxylic acid groups (broad SMARTS) is 1. The largest absolute Gasteiger partial charge is 0.478 e. The molecule has 3 nitrogen and oxygen atoms in total. The lowest BCUT2D eigenvalue weighted by atomic mass is 10.2. The Morgan fingerprint density at radius 1 is 1.28 bits per heavy atom. The van der Waals surface area contributed by atoms with Crippen molar-refractivity contribution in [1.82, 2.24) is 0 Å². The van der Waals surface area contributed by atoms with Crippen LogP contribution in [-0.4, -0.2) is 11.1 Å². The van der Waals surface area contributed by atoms with E-state index < -0.39 is 5.97 Å². The lowest BCUT2D eigenvalue weighted by Gasteiger charge is -1.90. The molecule has 0 atom stereocenters. The molecule has 0 unspecified atom stereocenters. The smallest absolute Gasteiger partial charge is 0.328 e. The zero-order chi connectivity index (χ0) is 13.4. The predicted octanol–water partition coefficient (Wildman–Crippen LogP) is 3.83. The van der Waals surface area contributed by atoms with Crippen LogP contribution in [0.2, 0.25) is 0 Å². The molecule has 0 saturated heterocycles. The van der Waals surface area contributed by atoms with Gasteiger partial charge in [-0.1, -0.05) is 29.9 Å². The number of aliphatic carboxylic acids is 1. The molecule has 1 rings (SSSR count). The Balaban J connectivity index is 2.57. The Bertz CT molecular complexity index is 500. The van der Waals surface area contributed by atoms with E-state index in [0.717, 1.165) is 11.3 Å². The standard InChI is InChI=1S/C15H16O3/c1-12(8-9-14-7-4-10-18-14)5-3-6-13(2)11-15(16)17/h3-11H,1-2H3,(H,16,17)/b6-3-,9-8-,12-5-,13-11-. The monoisotopic (exact) mass is 244 g/mol. The molecule has 0 amide bonds. The van der Waals surface area contributed by atoms with Crippen LogP contribution in [0.4, 0.5) is 0 Å². The quantitative estimate of drug-likeness (QED) is 0.632. The van der Waals surface area contributed by atoms with Gasteiger partial charge in [-0.25, -0.2) is 4.79 Å². The molecule has 0 aliphatic carbocycles. The van der Waals surface area contributed by atoms with Crippen LogP contribution in [0.5, 0.6) is 0 Å². The first-order chi connectivity index (χ1) is 8.58. The number of hydrogen-bond donors (Lipinski definition) is 1. The first kappa shape index (κ1) is 13.8. The van der Waals surface area contributed by atoms with Crippen molar-refractivity contribution in [2.75, 3.05) is 0 Å². The van der Waals surface area contributed by atoms with Crippen molar-refractivity contribution in [2.24, 2.45) is 0 Å². The van der Waals surface area contributed by atoms with Gasteiger partial charge < -0.3 is 9.52 Å². The number of hydrogen-bond acceptors (Lipinski definition) is 2. The number of furan rings is 1. The average molecular weight is 244 g/mol. The minimum absolute atomic E-state index is 0.696. The SMILES string of the molecule is CC(/C=C\c1ccco1)=C/C=C\C(C)=C/C(=O)O. The molecule has 0 aliphatic rings. The third-order valence-electron chi connectivity index (χ3n) is 2.12. The molecule has 1 N–H and O–H groups in total. The first-order valence-corrected chi connectivity index (χ1v) is 5.55. The molecule has 1 aromatic heterocycles. The molecule has 0 aromatic carbocycles. The number of rotatable bonds is 5. The van der Waals surface area contributed by atoms with Gasteiger partial charge in [-0.15, -0.1) is 0 Å². The summed E-state index contributed by atoms with van der Waals surface area (Å²) in [6.45, 7) is 3.70. The van der Waals surface area contributed by atoms with Gasteiger partial charge >= 0.3 is 5.97 Å². The van der Waals surface area contributed by atoms with E-state index in [4.69, 9.17) is 9.52 Å². The molecule has 0 radical (unpaired) electrons. The third kappa shape index (κ3) is 5.70. The Morgan fingerprint density at radius 3 is 2.67 bits per heavy atom. The van der Waals surface area contributed by atoms with Gasteiger partial charge in [-0.3, -0.25) is 0 Å². The van der Waals surface area contributed by atoms with E-state index in [-0.39, 0.29) is 0 Å². The normalized spacial score (nSPS) is 13.7. The molecular formula is C15H16O3. The van der Waals surface area contributed by atoms with Gasteiger partial charge in [0.15, 0.2) is 0 Å². The summed E-state index contributed by atoms with van der Waals surface area (Å²) in [5, 5.41) is 8.54. The molecule has 94 valence electrons. The number of carbonyl (C=O) groups is 1. The van der Waals surface area contributed by atoms with E-state index in [1.807, 2.05) is 43.4 Å². The number of allylic oxidation sites excluding steroid dienone is 6. The van der Waals surface area contributed by atoms with Crippen LogP contribution in [0.1, 0.15) is 19.6 Å². The van der Waals surface area contributed by atoms with Crippen molar-refractivity contribution in [3.8, 4) is 0 Å². The highest BCUT2D eigenvalue weighted by atomic mass is 16.4. The summed E-state index contributed by atoms with van der Waals surface area (Å²) in [7, 11) is 0. The lowest BCUT2D eigenvalue weighted by molar-refractivity contribution is -0.131. The Morgan fingerprint density at radius 2 is 2.06 bits per heavy atom. The van der Waals surface area contributed by atoms with Crippen molar-refractivity contribution >= 4 is 12.0 Å². The maximum absolute atomic E-state index is 10.4. The van der Waals surface area contributed by atoms with E-state index in [9.17, 15) is 4.79 Å². The summed E-state index contributed by atoms with van der Waals surface area (Å²) < 4.78 is 5.16. The van der Waals surface area contributed by atoms with E-state index in [2.05, 4.69) is 0 Å². The zero-order valence-corrected chi connectivity index (χ0v) is 10.5. The summed E-state index contributed by atoms with van der Waals surface area (Å²) in [5.41, 5.74) is 1.74. The van der Waals surface area contributed by atoms with Gasteiger partial charge in [0.25, 0.3) is 0 Å². The van der Waals surface area contributed by atoms with E-state index >= 15 is 0 Å². The minimum atomic E-state index is -0.935. The third-order valence-corrected chi connectivity index (χ3v) is 2.12. The van der Waals surface area contributed by atoms with E-state index in [0.29, 0.717) is 5.57 Å². The van der Waals surface area contributed by atoms with Crippen molar-refractivity contribution in [3.05, 3.63) is 65.7 Å². The predicted molar refractivity (Wildman–Crippen MR) is 72.0 cm³/mol. The molecule has 1 heterocycles. The Hall–Kier alpha value is -2.29. The van der Waals surface area contributed by atoms with Gasteiger partial charge in [-0.05, 0) is 37.6 Å². The van der Waals surface area contributed by atoms with Gasteiger partial charge in [0.1, 0.15) is 5.76 Å². The van der Waals surface area contributed by atoms with E-state index in [1.54, 1.807) is 19.3 Å². The van der Waals surface area contributed by atoms with Gasteiger partial charge in [0.05, 0.1) is 6.26 Å². The summed E-state index contributed by atoms with van der Waals surface area (Å²) in [4.78, 5) is 10.4. The molecule has 1 aromatic rings. The molecule has 0 bridgehead atoms. The fraction of sp³-hybridized carbons (Fsp3) is 0.133. The second-order valence-electron chi connectivity index (χ2n) is 3.85. The molecule has 0 spiro atoms. The van der Waals surface area contributed by atoms with Crippen molar-refractivity contribution in [3.63, 3.8) is 0 Å². The van der Waals surface area contributed by atoms with Gasteiger partial charge in [-0.2, -0.15) is 0 Å². The maximum Gasteiger partial charge on any atom is 0.328 e. The maximum atomic E-state index is 10.4. The molecular weight excluding hydrogens is 228 g/mol. The summed E-state index contributed by atoms with van der Waals surface area (Å²) in [5.74, 6) is -0.135. The fourth-order valence-corrected chi connectivity index (χ4v) is 1.25. The molecule has 0 aliphatic heterocycles. The summed E-state index contributed by atoms with van der Waals surface area (Å²) >= 11 is 0. The second kappa shape index (κ2) is 7.12. The van der Waals surface area contributed by atoms with Crippen LogP contribution in [0.25, 0.3) is 6.08 Å². The minimum Gasteiger partial charge on any atom is -0.478 e. The fourth-order valence-electron chi connectivity index (χ4n) is 1.25. The number of carboxylic acids is 1. The van der Waals surface area contributed by atoms with Crippen LogP contribution in [0.15, 0.2) is 64.3 Å². The van der Waals surface area contributed by atoms with E-state index in [1.165, 1.54) is 6.08 Å². The van der Waals surface area contributed by atoms with Gasteiger partial charge in [0, 0.05) is 6.08 Å². The van der Waals surface area contributed by atoms with Crippen LogP contribution >= 0.6 is 0 Å². The Kier molecular flexibility index (Phi) is 5.45. The average Bonchev–Trinajstić information content (AvgIpc) is 2.78. The topological polar surface area (TPSA) is 50.4 Å².